The highest BCUT2D eigenvalue weighted by Gasteiger charge is 2.28. The van der Waals surface area contributed by atoms with Crippen molar-refractivity contribution >= 4 is 0 Å². The minimum atomic E-state index is 0.313. The Morgan fingerprint density at radius 3 is 2.89 bits per heavy atom. The van der Waals surface area contributed by atoms with E-state index < -0.39 is 0 Å². The van der Waals surface area contributed by atoms with Gasteiger partial charge in [-0.2, -0.15) is 4.98 Å². The molecule has 0 spiro atoms. The zero-order chi connectivity index (χ0) is 13.1. The van der Waals surface area contributed by atoms with Crippen LogP contribution in [0.15, 0.2) is 4.52 Å². The average Bonchev–Trinajstić information content (AvgIpc) is 2.78. The van der Waals surface area contributed by atoms with Gasteiger partial charge in [0, 0.05) is 18.5 Å². The van der Waals surface area contributed by atoms with Crippen LogP contribution in [0, 0.1) is 5.92 Å². The molecular weight excluding hydrogens is 228 g/mol. The second-order valence-electron chi connectivity index (χ2n) is 5.59. The summed E-state index contributed by atoms with van der Waals surface area (Å²) in [5.74, 6) is 2.47. The van der Waals surface area contributed by atoms with E-state index in [1.165, 1.54) is 12.8 Å². The molecule has 1 aromatic heterocycles. The standard InChI is InChI=1S/C13H24N4O/c1-9(2)13-15-12(18-16-13)8-17-6-4-5-10(3)11(17)7-14/h9-11H,4-8,14H2,1-3H3. The summed E-state index contributed by atoms with van der Waals surface area (Å²) in [6.07, 6.45) is 2.49. The summed E-state index contributed by atoms with van der Waals surface area (Å²) in [6, 6.07) is 0.438. The quantitative estimate of drug-likeness (QED) is 0.884. The van der Waals surface area contributed by atoms with Crippen LogP contribution >= 0.6 is 0 Å². The molecule has 0 saturated carbocycles. The van der Waals surface area contributed by atoms with Gasteiger partial charge in [-0.25, -0.2) is 0 Å². The van der Waals surface area contributed by atoms with Gasteiger partial charge in [0.2, 0.25) is 5.89 Å². The summed E-state index contributed by atoms with van der Waals surface area (Å²) in [5.41, 5.74) is 5.88. The Morgan fingerprint density at radius 2 is 2.28 bits per heavy atom. The van der Waals surface area contributed by atoms with Gasteiger partial charge in [0.1, 0.15) is 0 Å². The third-order valence-corrected chi connectivity index (χ3v) is 3.81. The Labute approximate surface area is 109 Å². The largest absolute Gasteiger partial charge is 0.338 e. The van der Waals surface area contributed by atoms with E-state index in [1.54, 1.807) is 0 Å². The average molecular weight is 252 g/mol. The van der Waals surface area contributed by atoms with Crippen LogP contribution in [0.4, 0.5) is 0 Å². The van der Waals surface area contributed by atoms with Crippen molar-refractivity contribution in [1.82, 2.24) is 15.0 Å². The lowest BCUT2D eigenvalue weighted by Gasteiger charge is -2.38. The van der Waals surface area contributed by atoms with Crippen molar-refractivity contribution in [3.05, 3.63) is 11.7 Å². The molecule has 2 heterocycles. The first kappa shape index (κ1) is 13.5. The summed E-state index contributed by atoms with van der Waals surface area (Å²) in [7, 11) is 0. The van der Waals surface area contributed by atoms with E-state index in [0.717, 1.165) is 18.9 Å². The van der Waals surface area contributed by atoms with Crippen molar-refractivity contribution < 1.29 is 4.52 Å². The summed E-state index contributed by atoms with van der Waals surface area (Å²) in [6.45, 7) is 8.92. The minimum absolute atomic E-state index is 0.313. The van der Waals surface area contributed by atoms with Crippen molar-refractivity contribution in [2.24, 2.45) is 11.7 Å². The van der Waals surface area contributed by atoms with Gasteiger partial charge < -0.3 is 10.3 Å². The van der Waals surface area contributed by atoms with Crippen LogP contribution in [0.3, 0.4) is 0 Å². The van der Waals surface area contributed by atoms with Gasteiger partial charge >= 0.3 is 0 Å². The van der Waals surface area contributed by atoms with Gasteiger partial charge in [0.15, 0.2) is 5.82 Å². The van der Waals surface area contributed by atoms with Crippen molar-refractivity contribution in [3.8, 4) is 0 Å². The van der Waals surface area contributed by atoms with Gasteiger partial charge in [0.25, 0.3) is 0 Å². The first-order valence-corrected chi connectivity index (χ1v) is 6.88. The lowest BCUT2D eigenvalue weighted by molar-refractivity contribution is 0.0874. The molecule has 102 valence electrons. The molecule has 2 atom stereocenters. The third kappa shape index (κ3) is 2.90. The van der Waals surface area contributed by atoms with Crippen LogP contribution in [-0.4, -0.2) is 34.2 Å². The molecule has 2 N–H and O–H groups in total. The predicted molar refractivity (Wildman–Crippen MR) is 70.0 cm³/mol. The smallest absolute Gasteiger partial charge is 0.240 e. The molecule has 2 rings (SSSR count). The lowest BCUT2D eigenvalue weighted by Crippen LogP contribution is -2.48. The monoisotopic (exact) mass is 252 g/mol. The minimum Gasteiger partial charge on any atom is -0.338 e. The molecule has 0 amide bonds. The maximum absolute atomic E-state index is 5.88. The molecule has 1 aliphatic rings. The first-order chi connectivity index (χ1) is 8.61. The number of hydrogen-bond donors (Lipinski definition) is 1. The zero-order valence-corrected chi connectivity index (χ0v) is 11.6. The Kier molecular flexibility index (Phi) is 4.35. The van der Waals surface area contributed by atoms with E-state index in [0.29, 0.717) is 30.3 Å². The molecular formula is C13H24N4O. The van der Waals surface area contributed by atoms with Crippen LogP contribution in [0.1, 0.15) is 51.2 Å². The fourth-order valence-corrected chi connectivity index (χ4v) is 2.65. The van der Waals surface area contributed by atoms with Crippen LogP contribution < -0.4 is 5.73 Å². The topological polar surface area (TPSA) is 68.2 Å². The number of rotatable bonds is 4. The highest BCUT2D eigenvalue weighted by atomic mass is 16.5. The molecule has 0 aliphatic carbocycles. The number of piperidine rings is 1. The molecule has 5 nitrogen and oxygen atoms in total. The highest BCUT2D eigenvalue weighted by molar-refractivity contribution is 4.93. The summed E-state index contributed by atoms with van der Waals surface area (Å²) in [4.78, 5) is 6.82. The van der Waals surface area contributed by atoms with Gasteiger partial charge in [-0.05, 0) is 25.3 Å². The molecule has 2 unspecified atom stereocenters. The van der Waals surface area contributed by atoms with Crippen molar-refractivity contribution in [3.63, 3.8) is 0 Å². The fourth-order valence-electron chi connectivity index (χ4n) is 2.65. The molecule has 0 aromatic carbocycles. The Hall–Kier alpha value is -0.940. The Balaban J connectivity index is 2.02. The summed E-state index contributed by atoms with van der Waals surface area (Å²) < 4.78 is 5.31. The van der Waals surface area contributed by atoms with E-state index in [-0.39, 0.29) is 0 Å². The van der Waals surface area contributed by atoms with Crippen LogP contribution in [0.25, 0.3) is 0 Å². The molecule has 1 aliphatic heterocycles. The lowest BCUT2D eigenvalue weighted by atomic mass is 9.91. The van der Waals surface area contributed by atoms with E-state index in [4.69, 9.17) is 10.3 Å². The number of likely N-dealkylation sites (tertiary alicyclic amines) is 1. The fraction of sp³-hybridized carbons (Fsp3) is 0.846. The summed E-state index contributed by atoms with van der Waals surface area (Å²) >= 11 is 0. The number of nitrogens with two attached hydrogens (primary N) is 1. The van der Waals surface area contributed by atoms with Crippen LogP contribution in [0.2, 0.25) is 0 Å². The SMILES string of the molecule is CC(C)c1noc(CN2CCCC(C)C2CN)n1. The third-order valence-electron chi connectivity index (χ3n) is 3.81. The second-order valence-corrected chi connectivity index (χ2v) is 5.59. The normalized spacial score (nSPS) is 25.8. The van der Waals surface area contributed by atoms with Crippen LogP contribution in [0.5, 0.6) is 0 Å². The maximum Gasteiger partial charge on any atom is 0.240 e. The molecule has 1 saturated heterocycles. The predicted octanol–water partition coefficient (Wildman–Crippen LogP) is 1.75. The number of hydrogen-bond acceptors (Lipinski definition) is 5. The van der Waals surface area contributed by atoms with Crippen molar-refractivity contribution in [1.29, 1.82) is 0 Å². The van der Waals surface area contributed by atoms with Crippen molar-refractivity contribution in [2.45, 2.75) is 52.1 Å². The molecule has 18 heavy (non-hydrogen) atoms. The maximum atomic E-state index is 5.88. The Morgan fingerprint density at radius 1 is 1.50 bits per heavy atom. The van der Waals surface area contributed by atoms with E-state index in [2.05, 4.69) is 35.8 Å². The Bertz CT molecular complexity index is 377. The van der Waals surface area contributed by atoms with Gasteiger partial charge in [0.05, 0.1) is 6.54 Å². The zero-order valence-electron chi connectivity index (χ0n) is 11.6. The highest BCUT2D eigenvalue weighted by Crippen LogP contribution is 2.24. The van der Waals surface area contributed by atoms with Crippen molar-refractivity contribution in [2.75, 3.05) is 13.1 Å². The van der Waals surface area contributed by atoms with E-state index >= 15 is 0 Å². The second kappa shape index (κ2) is 5.80. The van der Waals surface area contributed by atoms with E-state index in [1.807, 2.05) is 0 Å². The number of aromatic nitrogens is 2. The summed E-state index contributed by atoms with van der Waals surface area (Å²) in [5, 5.41) is 4.01. The molecule has 1 aromatic rings. The van der Waals surface area contributed by atoms with Gasteiger partial charge in [-0.3, -0.25) is 4.90 Å². The molecule has 0 radical (unpaired) electrons. The first-order valence-electron chi connectivity index (χ1n) is 6.88. The molecule has 0 bridgehead atoms. The molecule has 1 fully saturated rings. The van der Waals surface area contributed by atoms with Gasteiger partial charge in [-0.15, -0.1) is 0 Å². The number of nitrogens with zero attached hydrogens (tertiary/aromatic N) is 3. The van der Waals surface area contributed by atoms with Crippen LogP contribution in [-0.2, 0) is 6.54 Å². The van der Waals surface area contributed by atoms with Gasteiger partial charge in [-0.1, -0.05) is 25.9 Å². The molecule has 5 heteroatoms. The van der Waals surface area contributed by atoms with E-state index in [9.17, 15) is 0 Å².